The highest BCUT2D eigenvalue weighted by atomic mass is 16.3. The van der Waals surface area contributed by atoms with Crippen molar-refractivity contribution < 1.29 is 9.21 Å². The third kappa shape index (κ3) is 2.88. The van der Waals surface area contributed by atoms with E-state index in [1.807, 2.05) is 31.2 Å². The number of nitrogens with zero attached hydrogens (tertiary/aromatic N) is 1. The molecule has 1 aromatic heterocycles. The van der Waals surface area contributed by atoms with Crippen molar-refractivity contribution in [3.63, 3.8) is 0 Å². The number of benzene rings is 1. The van der Waals surface area contributed by atoms with Gasteiger partial charge in [-0.1, -0.05) is 12.1 Å². The Hall–Kier alpha value is -2.29. The molecule has 0 aliphatic rings. The van der Waals surface area contributed by atoms with Gasteiger partial charge >= 0.3 is 0 Å². The van der Waals surface area contributed by atoms with E-state index < -0.39 is 0 Å². The molecular weight excluding hydrogens is 226 g/mol. The molecule has 1 heterocycles. The second kappa shape index (κ2) is 5.36. The van der Waals surface area contributed by atoms with Gasteiger partial charge in [-0.2, -0.15) is 0 Å². The van der Waals surface area contributed by atoms with Gasteiger partial charge in [0.2, 0.25) is 0 Å². The Morgan fingerprint density at radius 3 is 2.78 bits per heavy atom. The molecule has 0 spiro atoms. The number of carbonyl (C=O) groups is 1. The van der Waals surface area contributed by atoms with Crippen LogP contribution in [0.1, 0.15) is 11.3 Å². The molecule has 0 unspecified atom stereocenters. The van der Waals surface area contributed by atoms with Crippen molar-refractivity contribution in [3.05, 3.63) is 60.1 Å². The minimum absolute atomic E-state index is 0.0861. The summed E-state index contributed by atoms with van der Waals surface area (Å²) in [4.78, 5) is 13.6. The van der Waals surface area contributed by atoms with Crippen LogP contribution >= 0.6 is 0 Å². The zero-order valence-electron chi connectivity index (χ0n) is 10.5. The number of anilines is 1. The van der Waals surface area contributed by atoms with E-state index in [0.29, 0.717) is 5.76 Å². The Bertz CT molecular complexity index is 556. The van der Waals surface area contributed by atoms with Crippen LogP contribution in [-0.4, -0.2) is 13.0 Å². The van der Waals surface area contributed by atoms with Crippen LogP contribution in [-0.2, 0) is 4.79 Å². The molecule has 0 bridgehead atoms. The maximum Gasteiger partial charge on any atom is 0.250 e. The lowest BCUT2D eigenvalue weighted by Gasteiger charge is -2.15. The van der Waals surface area contributed by atoms with E-state index >= 15 is 0 Å². The third-order valence-electron chi connectivity index (χ3n) is 2.65. The highest BCUT2D eigenvalue weighted by Crippen LogP contribution is 2.15. The van der Waals surface area contributed by atoms with Gasteiger partial charge in [-0.25, -0.2) is 0 Å². The Labute approximate surface area is 106 Å². The van der Waals surface area contributed by atoms with Gasteiger partial charge in [0.15, 0.2) is 0 Å². The van der Waals surface area contributed by atoms with Crippen molar-refractivity contribution in [2.75, 3.05) is 11.9 Å². The van der Waals surface area contributed by atoms with Crippen molar-refractivity contribution in [3.8, 4) is 0 Å². The first kappa shape index (κ1) is 12.2. The minimum atomic E-state index is -0.0861. The molecule has 0 aliphatic carbocycles. The second-order valence-corrected chi connectivity index (χ2v) is 4.09. The van der Waals surface area contributed by atoms with Crippen LogP contribution in [0.25, 0.3) is 6.08 Å². The summed E-state index contributed by atoms with van der Waals surface area (Å²) in [6, 6.07) is 11.4. The van der Waals surface area contributed by atoms with Crippen LogP contribution < -0.4 is 4.90 Å². The quantitative estimate of drug-likeness (QED) is 0.773. The first-order valence-corrected chi connectivity index (χ1v) is 5.73. The molecule has 0 aliphatic heterocycles. The maximum atomic E-state index is 11.9. The number of amides is 1. The van der Waals surface area contributed by atoms with Crippen LogP contribution in [0.15, 0.2) is 53.2 Å². The van der Waals surface area contributed by atoms with Gasteiger partial charge in [0.25, 0.3) is 5.91 Å². The summed E-state index contributed by atoms with van der Waals surface area (Å²) < 4.78 is 5.13. The van der Waals surface area contributed by atoms with Crippen molar-refractivity contribution in [2.24, 2.45) is 0 Å². The number of hydrogen-bond acceptors (Lipinski definition) is 2. The Morgan fingerprint density at radius 1 is 1.28 bits per heavy atom. The van der Waals surface area contributed by atoms with Crippen molar-refractivity contribution in [2.45, 2.75) is 6.92 Å². The van der Waals surface area contributed by atoms with E-state index in [9.17, 15) is 4.79 Å². The predicted molar refractivity (Wildman–Crippen MR) is 72.3 cm³/mol. The third-order valence-corrected chi connectivity index (χ3v) is 2.65. The number of carbonyl (C=O) groups excluding carboxylic acids is 1. The SMILES string of the molecule is Cc1cccc(N(C)C(=O)/C=C/c2ccco2)c1. The van der Waals surface area contributed by atoms with Gasteiger partial charge in [-0.3, -0.25) is 4.79 Å². The number of rotatable bonds is 3. The van der Waals surface area contributed by atoms with Crippen LogP contribution in [0.3, 0.4) is 0 Å². The van der Waals surface area contributed by atoms with Crippen LogP contribution in [0.2, 0.25) is 0 Å². The van der Waals surface area contributed by atoms with Crippen molar-refractivity contribution in [1.82, 2.24) is 0 Å². The fraction of sp³-hybridized carbons (Fsp3) is 0.133. The number of hydrogen-bond donors (Lipinski definition) is 0. The minimum Gasteiger partial charge on any atom is -0.465 e. The van der Waals surface area contributed by atoms with Gasteiger partial charge in [0, 0.05) is 18.8 Å². The van der Waals surface area contributed by atoms with E-state index in [1.54, 1.807) is 36.4 Å². The van der Waals surface area contributed by atoms with E-state index in [1.165, 1.54) is 6.08 Å². The average molecular weight is 241 g/mol. The Morgan fingerprint density at radius 2 is 2.11 bits per heavy atom. The normalized spacial score (nSPS) is 10.8. The van der Waals surface area contributed by atoms with Crippen molar-refractivity contribution >= 4 is 17.7 Å². The molecule has 0 fully saturated rings. The van der Waals surface area contributed by atoms with Gasteiger partial charge < -0.3 is 9.32 Å². The fourth-order valence-corrected chi connectivity index (χ4v) is 1.62. The second-order valence-electron chi connectivity index (χ2n) is 4.09. The molecule has 0 saturated carbocycles. The Kier molecular flexibility index (Phi) is 3.63. The topological polar surface area (TPSA) is 33.5 Å². The lowest BCUT2D eigenvalue weighted by atomic mass is 10.2. The van der Waals surface area contributed by atoms with Crippen molar-refractivity contribution in [1.29, 1.82) is 0 Å². The predicted octanol–water partition coefficient (Wildman–Crippen LogP) is 3.26. The van der Waals surface area contributed by atoms with Crippen LogP contribution in [0.4, 0.5) is 5.69 Å². The summed E-state index contributed by atoms with van der Waals surface area (Å²) in [6.45, 7) is 2.00. The first-order valence-electron chi connectivity index (χ1n) is 5.73. The molecule has 0 radical (unpaired) electrons. The van der Waals surface area contributed by atoms with Gasteiger partial charge in [-0.15, -0.1) is 0 Å². The molecule has 3 nitrogen and oxygen atoms in total. The standard InChI is InChI=1S/C15H15NO2/c1-12-5-3-6-13(11-12)16(2)15(17)9-8-14-7-4-10-18-14/h3-11H,1-2H3/b9-8+. The van der Waals surface area contributed by atoms with E-state index in [2.05, 4.69) is 0 Å². The van der Waals surface area contributed by atoms with Crippen LogP contribution in [0.5, 0.6) is 0 Å². The Balaban J connectivity index is 2.09. The molecule has 18 heavy (non-hydrogen) atoms. The van der Waals surface area contributed by atoms with Gasteiger partial charge in [-0.05, 0) is 42.8 Å². The highest BCUT2D eigenvalue weighted by Gasteiger charge is 2.07. The molecule has 1 aromatic carbocycles. The fourth-order valence-electron chi connectivity index (χ4n) is 1.62. The van der Waals surface area contributed by atoms with Gasteiger partial charge in [0.05, 0.1) is 6.26 Å². The first-order chi connectivity index (χ1) is 8.66. The lowest BCUT2D eigenvalue weighted by molar-refractivity contribution is -0.113. The summed E-state index contributed by atoms with van der Waals surface area (Å²) in [7, 11) is 1.75. The molecule has 2 rings (SSSR count). The van der Waals surface area contributed by atoms with E-state index in [4.69, 9.17) is 4.42 Å². The lowest BCUT2D eigenvalue weighted by Crippen LogP contribution is -2.23. The van der Waals surface area contributed by atoms with E-state index in [-0.39, 0.29) is 5.91 Å². The van der Waals surface area contributed by atoms with E-state index in [0.717, 1.165) is 11.3 Å². The molecule has 0 N–H and O–H groups in total. The van der Waals surface area contributed by atoms with Gasteiger partial charge in [0.1, 0.15) is 5.76 Å². The number of aryl methyl sites for hydroxylation is 1. The molecule has 0 atom stereocenters. The monoisotopic (exact) mass is 241 g/mol. The zero-order chi connectivity index (χ0) is 13.0. The summed E-state index contributed by atoms with van der Waals surface area (Å²) in [5.41, 5.74) is 2.01. The van der Waals surface area contributed by atoms with Crippen LogP contribution in [0, 0.1) is 6.92 Å². The molecule has 0 saturated heterocycles. The average Bonchev–Trinajstić information content (AvgIpc) is 2.88. The summed E-state index contributed by atoms with van der Waals surface area (Å²) >= 11 is 0. The summed E-state index contributed by atoms with van der Waals surface area (Å²) in [5.74, 6) is 0.581. The molecule has 3 heteroatoms. The maximum absolute atomic E-state index is 11.9. The highest BCUT2D eigenvalue weighted by molar-refractivity contribution is 6.03. The number of furan rings is 1. The molecular formula is C15H15NO2. The smallest absolute Gasteiger partial charge is 0.250 e. The summed E-state index contributed by atoms with van der Waals surface area (Å²) in [6.07, 6.45) is 4.74. The molecule has 2 aromatic rings. The zero-order valence-corrected chi connectivity index (χ0v) is 10.5. The number of likely N-dealkylation sites (N-methyl/N-ethyl adjacent to an activating group) is 1. The molecule has 92 valence electrons. The molecule has 1 amide bonds. The summed E-state index contributed by atoms with van der Waals surface area (Å²) in [5, 5.41) is 0. The largest absolute Gasteiger partial charge is 0.465 e.